The van der Waals surface area contributed by atoms with E-state index in [9.17, 15) is 0 Å². The molecule has 0 saturated carbocycles. The number of fused-ring (bicyclic) bond motifs is 9. The fourth-order valence-electron chi connectivity index (χ4n) is 9.64. The van der Waals surface area contributed by atoms with Crippen LogP contribution in [0.3, 0.4) is 0 Å². The molecule has 0 spiro atoms. The van der Waals surface area contributed by atoms with Crippen molar-refractivity contribution in [2.24, 2.45) is 0 Å². The van der Waals surface area contributed by atoms with E-state index in [0.29, 0.717) is 0 Å². The molecule has 0 atom stereocenters. The highest BCUT2D eigenvalue weighted by Crippen LogP contribution is 2.55. The second kappa shape index (κ2) is 11.2. The molecule has 0 radical (unpaired) electrons. The van der Waals surface area contributed by atoms with Crippen LogP contribution in [0.1, 0.15) is 25.0 Å². The molecule has 0 aromatic heterocycles. The Balaban J connectivity index is 1.17. The lowest BCUT2D eigenvalue weighted by atomic mass is 9.76. The molecule has 0 heterocycles. The van der Waals surface area contributed by atoms with Gasteiger partial charge in [-0.25, -0.2) is 0 Å². The Labute approximate surface area is 309 Å². The summed E-state index contributed by atoms with van der Waals surface area (Å²) >= 11 is 0. The lowest BCUT2D eigenvalue weighted by molar-refractivity contribution is 0.663. The normalized spacial score (nSPS) is 13.2. The van der Waals surface area contributed by atoms with Gasteiger partial charge >= 0.3 is 0 Å². The second-order valence-corrected chi connectivity index (χ2v) is 15.2. The first kappa shape index (κ1) is 30.2. The molecule has 0 N–H and O–H groups in total. The van der Waals surface area contributed by atoms with Gasteiger partial charge in [-0.3, -0.25) is 0 Å². The first-order chi connectivity index (χ1) is 26.1. The van der Waals surface area contributed by atoms with Gasteiger partial charge in [0.1, 0.15) is 0 Å². The Morgan fingerprint density at radius 2 is 0.792 bits per heavy atom. The van der Waals surface area contributed by atoms with Crippen LogP contribution in [-0.4, -0.2) is 0 Å². The predicted molar refractivity (Wildman–Crippen MR) is 228 cm³/mol. The summed E-state index contributed by atoms with van der Waals surface area (Å²) < 4.78 is 0. The molecule has 0 fully saturated rings. The van der Waals surface area contributed by atoms with E-state index in [1.807, 2.05) is 0 Å². The van der Waals surface area contributed by atoms with Crippen LogP contribution in [0.2, 0.25) is 0 Å². The summed E-state index contributed by atoms with van der Waals surface area (Å²) in [6.45, 7) is 4.83. The summed E-state index contributed by atoms with van der Waals surface area (Å²) in [6.07, 6.45) is 0. The van der Waals surface area contributed by atoms with Crippen molar-refractivity contribution < 1.29 is 0 Å². The van der Waals surface area contributed by atoms with Gasteiger partial charge in [-0.15, -0.1) is 0 Å². The monoisotopic (exact) mass is 672 g/mol. The predicted octanol–water partition coefficient (Wildman–Crippen LogP) is 14.8. The topological polar surface area (TPSA) is 0 Å². The highest BCUT2D eigenvalue weighted by Gasteiger charge is 2.38. The summed E-state index contributed by atoms with van der Waals surface area (Å²) in [5.74, 6) is 0. The third kappa shape index (κ3) is 4.36. The van der Waals surface area contributed by atoms with Crippen LogP contribution in [0, 0.1) is 0 Å². The van der Waals surface area contributed by atoms with Crippen molar-refractivity contribution in [3.05, 3.63) is 193 Å². The van der Waals surface area contributed by atoms with Crippen LogP contribution in [0.4, 0.5) is 0 Å². The highest BCUT2D eigenvalue weighted by molar-refractivity contribution is 6.22. The van der Waals surface area contributed by atoms with Gasteiger partial charge in [0.25, 0.3) is 0 Å². The lowest BCUT2D eigenvalue weighted by Crippen LogP contribution is -2.16. The number of rotatable bonds is 3. The second-order valence-electron chi connectivity index (χ2n) is 15.2. The maximum absolute atomic E-state index is 2.43. The minimum Gasteiger partial charge on any atom is -0.0616 e. The van der Waals surface area contributed by atoms with Crippen molar-refractivity contribution in [2.45, 2.75) is 19.3 Å². The average molecular weight is 673 g/mol. The van der Waals surface area contributed by atoms with E-state index in [1.54, 1.807) is 0 Å². The minimum absolute atomic E-state index is 0.164. The summed E-state index contributed by atoms with van der Waals surface area (Å²) in [6, 6.07) is 67.9. The number of hydrogen-bond acceptors (Lipinski definition) is 0. The number of hydrogen-bond donors (Lipinski definition) is 0. The number of benzene rings is 10. The Kier molecular flexibility index (Phi) is 6.40. The van der Waals surface area contributed by atoms with Gasteiger partial charge in [0.05, 0.1) is 0 Å². The van der Waals surface area contributed by atoms with E-state index >= 15 is 0 Å². The van der Waals surface area contributed by atoms with Crippen molar-refractivity contribution in [2.75, 3.05) is 0 Å². The summed E-state index contributed by atoms with van der Waals surface area (Å²) in [5.41, 5.74) is 13.0. The minimum atomic E-state index is -0.164. The lowest BCUT2D eigenvalue weighted by Gasteiger charge is -2.26. The van der Waals surface area contributed by atoms with Crippen LogP contribution >= 0.6 is 0 Å². The molecule has 0 amide bonds. The van der Waals surface area contributed by atoms with Crippen molar-refractivity contribution in [3.63, 3.8) is 0 Å². The molecule has 10 aromatic carbocycles. The van der Waals surface area contributed by atoms with Crippen LogP contribution in [0.25, 0.3) is 98.4 Å². The van der Waals surface area contributed by atoms with Gasteiger partial charge in [-0.05, 0) is 134 Å². The molecule has 0 bridgehead atoms. The highest BCUT2D eigenvalue weighted by atomic mass is 14.4. The van der Waals surface area contributed by atoms with Gasteiger partial charge in [0.2, 0.25) is 0 Å². The third-order valence-corrected chi connectivity index (χ3v) is 12.0. The maximum Gasteiger partial charge on any atom is 0.0165 e. The molecule has 0 nitrogen and oxygen atoms in total. The van der Waals surface area contributed by atoms with Crippen molar-refractivity contribution in [3.8, 4) is 44.5 Å². The molecular weight excluding hydrogens is 637 g/mol. The molecule has 248 valence electrons. The van der Waals surface area contributed by atoms with Gasteiger partial charge in [0, 0.05) is 5.41 Å². The van der Waals surface area contributed by atoms with E-state index in [2.05, 4.69) is 196 Å². The standard InChI is InChI=1S/C53H36/c1-53(2)49-32-34-16-4-3-15-33(34)30-48(49)45-27-14-28-46(52(45)53)51-43-25-11-9-23-41(43)50(42-24-10-12-26-44(42)51)37-19-13-18-35(29-37)47-31-36-17-5-6-20-38(36)39-21-7-8-22-40(39)47/h3-32H,1-2H3. The SMILES string of the molecule is CC1(C)c2cc3ccccc3cc2-c2cccc(-c3c4ccccc4c(-c4cccc(-c5cc6ccccc6c6ccccc56)c4)c4ccccc34)c21. The zero-order chi connectivity index (χ0) is 35.3. The molecule has 0 heteroatoms. The largest absolute Gasteiger partial charge is 0.0616 e. The maximum atomic E-state index is 2.43. The Hall–Kier alpha value is -6.50. The third-order valence-electron chi connectivity index (χ3n) is 12.0. The van der Waals surface area contributed by atoms with Gasteiger partial charge in [-0.2, -0.15) is 0 Å². The van der Waals surface area contributed by atoms with Crippen molar-refractivity contribution in [1.29, 1.82) is 0 Å². The van der Waals surface area contributed by atoms with E-state index < -0.39 is 0 Å². The van der Waals surface area contributed by atoms with Crippen LogP contribution in [0.5, 0.6) is 0 Å². The molecule has 53 heavy (non-hydrogen) atoms. The molecule has 0 unspecified atom stereocenters. The van der Waals surface area contributed by atoms with E-state index in [1.165, 1.54) is 109 Å². The molecule has 11 rings (SSSR count). The molecule has 10 aromatic rings. The van der Waals surface area contributed by atoms with Crippen LogP contribution in [-0.2, 0) is 5.41 Å². The fraction of sp³-hybridized carbons (Fsp3) is 0.0566. The van der Waals surface area contributed by atoms with E-state index in [-0.39, 0.29) is 5.41 Å². The van der Waals surface area contributed by atoms with Crippen LogP contribution in [0.15, 0.2) is 182 Å². The molecule has 0 aliphatic heterocycles. The molecule has 1 aliphatic rings. The zero-order valence-electron chi connectivity index (χ0n) is 29.8. The average Bonchev–Trinajstić information content (AvgIpc) is 3.44. The summed E-state index contributed by atoms with van der Waals surface area (Å²) in [4.78, 5) is 0. The molecular formula is C53H36. The Morgan fingerprint density at radius 1 is 0.302 bits per heavy atom. The van der Waals surface area contributed by atoms with Crippen molar-refractivity contribution in [1.82, 2.24) is 0 Å². The molecule has 0 saturated heterocycles. The Bertz CT molecular complexity index is 3080. The molecule has 1 aliphatic carbocycles. The van der Waals surface area contributed by atoms with Crippen molar-refractivity contribution >= 4 is 53.9 Å². The first-order valence-electron chi connectivity index (χ1n) is 18.7. The van der Waals surface area contributed by atoms with Crippen LogP contribution < -0.4 is 0 Å². The fourth-order valence-corrected chi connectivity index (χ4v) is 9.64. The van der Waals surface area contributed by atoms with E-state index in [4.69, 9.17) is 0 Å². The quantitative estimate of drug-likeness (QED) is 0.129. The van der Waals surface area contributed by atoms with Gasteiger partial charge < -0.3 is 0 Å². The zero-order valence-corrected chi connectivity index (χ0v) is 29.8. The van der Waals surface area contributed by atoms with E-state index in [0.717, 1.165) is 0 Å². The smallest absolute Gasteiger partial charge is 0.0165 e. The summed E-state index contributed by atoms with van der Waals surface area (Å²) in [7, 11) is 0. The Morgan fingerprint density at radius 3 is 1.49 bits per heavy atom. The van der Waals surface area contributed by atoms with Gasteiger partial charge in [0.15, 0.2) is 0 Å². The summed E-state index contributed by atoms with van der Waals surface area (Å²) in [5, 5.41) is 12.8. The van der Waals surface area contributed by atoms with Gasteiger partial charge in [-0.1, -0.05) is 172 Å². The first-order valence-corrected chi connectivity index (χ1v) is 18.7.